The van der Waals surface area contributed by atoms with Gasteiger partial charge in [0.1, 0.15) is 5.82 Å². The number of imidazole rings is 1. The highest BCUT2D eigenvalue weighted by atomic mass is 15.1. The predicted octanol–water partition coefficient (Wildman–Crippen LogP) is 1.18. The van der Waals surface area contributed by atoms with Crippen molar-refractivity contribution in [1.29, 1.82) is 0 Å². The third-order valence-corrected chi connectivity index (χ3v) is 2.73. The Morgan fingerprint density at radius 1 is 1.69 bits per heavy atom. The fraction of sp³-hybridized carbons (Fsp3) is 0.700. The molecule has 0 amide bonds. The molecule has 0 saturated carbocycles. The van der Waals surface area contributed by atoms with Crippen LogP contribution in [0.2, 0.25) is 0 Å². The Hall–Kier alpha value is -0.830. The van der Waals surface area contributed by atoms with Crippen LogP contribution in [0, 0.1) is 5.92 Å². The normalized spacial score (nSPS) is 21.5. The minimum Gasteiger partial charge on any atom is -0.331 e. The molecule has 72 valence electrons. The Morgan fingerprint density at radius 3 is 3.31 bits per heavy atom. The summed E-state index contributed by atoms with van der Waals surface area (Å²) in [6.07, 6.45) is 4.44. The zero-order valence-electron chi connectivity index (χ0n) is 8.38. The Bertz CT molecular complexity index is 290. The molecule has 1 N–H and O–H groups in total. The fourth-order valence-corrected chi connectivity index (χ4v) is 1.98. The highest BCUT2D eigenvalue weighted by molar-refractivity contribution is 5.07. The molecule has 2 heterocycles. The van der Waals surface area contributed by atoms with Crippen LogP contribution >= 0.6 is 0 Å². The van der Waals surface area contributed by atoms with Crippen molar-refractivity contribution in [2.24, 2.45) is 5.92 Å². The third kappa shape index (κ3) is 1.61. The Balaban J connectivity index is 2.25. The lowest BCUT2D eigenvalue weighted by Gasteiger charge is -2.22. The molecule has 0 aliphatic carbocycles. The Morgan fingerprint density at radius 2 is 2.54 bits per heavy atom. The molecule has 1 aromatic rings. The van der Waals surface area contributed by atoms with Crippen molar-refractivity contribution >= 4 is 0 Å². The van der Waals surface area contributed by atoms with Crippen molar-refractivity contribution in [2.45, 2.75) is 32.9 Å². The quantitative estimate of drug-likeness (QED) is 0.739. The van der Waals surface area contributed by atoms with Crippen LogP contribution in [-0.2, 0) is 19.5 Å². The third-order valence-electron chi connectivity index (χ3n) is 2.73. The number of hydrogen-bond donors (Lipinski definition) is 1. The summed E-state index contributed by atoms with van der Waals surface area (Å²) in [6.45, 7) is 4.39. The minimum absolute atomic E-state index is 0.803. The number of fused-ring (bicyclic) bond motifs is 1. The summed E-state index contributed by atoms with van der Waals surface area (Å²) < 4.78 is 2.37. The van der Waals surface area contributed by atoms with Crippen LogP contribution in [0.25, 0.3) is 0 Å². The molecule has 1 aromatic heterocycles. The lowest BCUT2D eigenvalue weighted by molar-refractivity contribution is 0.385. The smallest absolute Gasteiger partial charge is 0.108 e. The van der Waals surface area contributed by atoms with Crippen molar-refractivity contribution in [1.82, 2.24) is 14.9 Å². The summed E-state index contributed by atoms with van der Waals surface area (Å²) in [7, 11) is 1.98. The summed E-state index contributed by atoms with van der Waals surface area (Å²) in [4.78, 5) is 4.43. The van der Waals surface area contributed by atoms with E-state index in [9.17, 15) is 0 Å². The van der Waals surface area contributed by atoms with Gasteiger partial charge in [-0.2, -0.15) is 0 Å². The van der Waals surface area contributed by atoms with E-state index < -0.39 is 0 Å². The second-order valence-corrected chi connectivity index (χ2v) is 3.95. The van der Waals surface area contributed by atoms with E-state index in [4.69, 9.17) is 0 Å². The predicted molar refractivity (Wildman–Crippen MR) is 52.5 cm³/mol. The number of aryl methyl sites for hydroxylation is 1. The molecule has 0 saturated heterocycles. The van der Waals surface area contributed by atoms with Crippen LogP contribution in [-0.4, -0.2) is 16.6 Å². The Kier molecular flexibility index (Phi) is 2.36. The molecule has 2 rings (SSSR count). The van der Waals surface area contributed by atoms with Crippen molar-refractivity contribution in [3.63, 3.8) is 0 Å². The lowest BCUT2D eigenvalue weighted by Crippen LogP contribution is -2.21. The second kappa shape index (κ2) is 3.50. The topological polar surface area (TPSA) is 29.9 Å². The van der Waals surface area contributed by atoms with Crippen molar-refractivity contribution in [3.05, 3.63) is 17.7 Å². The first kappa shape index (κ1) is 8.75. The van der Waals surface area contributed by atoms with Crippen molar-refractivity contribution in [2.75, 3.05) is 7.05 Å². The van der Waals surface area contributed by atoms with Gasteiger partial charge < -0.3 is 9.88 Å². The maximum Gasteiger partial charge on any atom is 0.108 e. The van der Waals surface area contributed by atoms with E-state index in [1.54, 1.807) is 0 Å². The first-order valence-corrected chi connectivity index (χ1v) is 4.99. The van der Waals surface area contributed by atoms with E-state index in [1.165, 1.54) is 17.9 Å². The summed E-state index contributed by atoms with van der Waals surface area (Å²) in [5, 5.41) is 3.17. The van der Waals surface area contributed by atoms with Gasteiger partial charge in [-0.3, -0.25) is 0 Å². The molecule has 0 bridgehead atoms. The molecule has 1 atom stereocenters. The highest BCUT2D eigenvalue weighted by Crippen LogP contribution is 2.20. The highest BCUT2D eigenvalue weighted by Gasteiger charge is 2.17. The van der Waals surface area contributed by atoms with Gasteiger partial charge in [0, 0.05) is 25.7 Å². The molecule has 0 aromatic carbocycles. The van der Waals surface area contributed by atoms with Gasteiger partial charge in [-0.1, -0.05) is 6.92 Å². The van der Waals surface area contributed by atoms with Gasteiger partial charge in [-0.25, -0.2) is 4.98 Å². The molecule has 0 radical (unpaired) electrons. The average Bonchev–Trinajstić information content (AvgIpc) is 2.49. The molecule has 0 spiro atoms. The van der Waals surface area contributed by atoms with E-state index in [0.717, 1.165) is 25.4 Å². The van der Waals surface area contributed by atoms with Gasteiger partial charge in [0.05, 0.1) is 5.69 Å². The molecular weight excluding hydrogens is 162 g/mol. The number of aromatic nitrogens is 2. The zero-order chi connectivity index (χ0) is 9.26. The monoisotopic (exact) mass is 179 g/mol. The number of nitrogens with zero attached hydrogens (tertiary/aromatic N) is 2. The summed E-state index contributed by atoms with van der Waals surface area (Å²) in [6, 6.07) is 0. The maximum absolute atomic E-state index is 4.43. The first-order valence-electron chi connectivity index (χ1n) is 4.99. The van der Waals surface area contributed by atoms with E-state index in [-0.39, 0.29) is 0 Å². The van der Waals surface area contributed by atoms with Crippen LogP contribution in [0.3, 0.4) is 0 Å². The van der Waals surface area contributed by atoms with Crippen molar-refractivity contribution in [3.8, 4) is 0 Å². The minimum atomic E-state index is 0.803. The molecule has 1 aliphatic rings. The number of nitrogens with one attached hydrogen (secondary N) is 1. The molecule has 1 unspecified atom stereocenters. The SMILES string of the molecule is CNCc1cnc2n1CC(C)CC2. The summed E-state index contributed by atoms with van der Waals surface area (Å²) in [5.74, 6) is 2.07. The number of rotatable bonds is 2. The van der Waals surface area contributed by atoms with Gasteiger partial charge in [0.25, 0.3) is 0 Å². The molecule has 1 aliphatic heterocycles. The largest absolute Gasteiger partial charge is 0.331 e. The van der Waals surface area contributed by atoms with Gasteiger partial charge in [-0.15, -0.1) is 0 Å². The van der Waals surface area contributed by atoms with Crippen LogP contribution in [0.15, 0.2) is 6.20 Å². The van der Waals surface area contributed by atoms with E-state index in [2.05, 4.69) is 21.8 Å². The molecule has 3 heteroatoms. The molecular formula is C10H17N3. The Labute approximate surface area is 79.2 Å². The van der Waals surface area contributed by atoms with Gasteiger partial charge in [0.15, 0.2) is 0 Å². The fourth-order valence-electron chi connectivity index (χ4n) is 1.98. The van der Waals surface area contributed by atoms with E-state index >= 15 is 0 Å². The zero-order valence-corrected chi connectivity index (χ0v) is 8.38. The van der Waals surface area contributed by atoms with Gasteiger partial charge >= 0.3 is 0 Å². The summed E-state index contributed by atoms with van der Waals surface area (Å²) >= 11 is 0. The number of hydrogen-bond acceptors (Lipinski definition) is 2. The van der Waals surface area contributed by atoms with E-state index in [0.29, 0.717) is 0 Å². The molecule has 13 heavy (non-hydrogen) atoms. The second-order valence-electron chi connectivity index (χ2n) is 3.95. The van der Waals surface area contributed by atoms with Crippen LogP contribution < -0.4 is 5.32 Å². The summed E-state index contributed by atoms with van der Waals surface area (Å²) in [5.41, 5.74) is 1.32. The van der Waals surface area contributed by atoms with Crippen molar-refractivity contribution < 1.29 is 0 Å². The van der Waals surface area contributed by atoms with E-state index in [1.807, 2.05) is 13.2 Å². The maximum atomic E-state index is 4.43. The van der Waals surface area contributed by atoms with Gasteiger partial charge in [0.2, 0.25) is 0 Å². The molecule has 0 fully saturated rings. The van der Waals surface area contributed by atoms with Crippen LogP contribution in [0.5, 0.6) is 0 Å². The van der Waals surface area contributed by atoms with Crippen LogP contribution in [0.4, 0.5) is 0 Å². The van der Waals surface area contributed by atoms with Gasteiger partial charge in [-0.05, 0) is 19.4 Å². The van der Waals surface area contributed by atoms with Crippen LogP contribution in [0.1, 0.15) is 24.9 Å². The first-order chi connectivity index (χ1) is 6.31. The average molecular weight is 179 g/mol. The molecule has 3 nitrogen and oxygen atoms in total. The standard InChI is InChI=1S/C10H17N3/c1-8-3-4-10-12-6-9(5-11-2)13(10)7-8/h6,8,11H,3-5,7H2,1-2H3. The lowest BCUT2D eigenvalue weighted by atomic mass is 10.0.